The molecule has 212 valence electrons. The number of rotatable bonds is 7. The van der Waals surface area contributed by atoms with Crippen LogP contribution in [0.15, 0.2) is 71.9 Å². The van der Waals surface area contributed by atoms with Crippen LogP contribution in [0.3, 0.4) is 0 Å². The first-order valence-electron chi connectivity index (χ1n) is 13.9. The Morgan fingerprint density at radius 2 is 1.60 bits per heavy atom. The summed E-state index contributed by atoms with van der Waals surface area (Å²) >= 11 is 1.57. The zero-order valence-corrected chi connectivity index (χ0v) is 24.4. The molecule has 1 unspecified atom stereocenters. The van der Waals surface area contributed by atoms with E-state index in [2.05, 4.69) is 12.4 Å². The number of thioether (sulfide) groups is 1. The number of β-lactam (4-membered cyclic amide) rings is 1. The highest BCUT2D eigenvalue weighted by Gasteiger charge is 2.55. The average Bonchev–Trinajstić information content (AvgIpc) is 3.35. The number of likely N-dealkylation sites (tertiary alicyclic amines) is 1. The molecule has 0 aliphatic carbocycles. The molecule has 2 saturated heterocycles. The van der Waals surface area contributed by atoms with Gasteiger partial charge in [0.25, 0.3) is 5.91 Å². The summed E-state index contributed by atoms with van der Waals surface area (Å²) in [5, 5.41) is 2.32. The number of hydrogen-bond acceptors (Lipinski definition) is 6. The van der Waals surface area contributed by atoms with Crippen LogP contribution in [0.2, 0.25) is 0 Å². The van der Waals surface area contributed by atoms with Gasteiger partial charge in [-0.3, -0.25) is 9.69 Å². The number of ether oxygens (including phenoxy) is 2. The van der Waals surface area contributed by atoms with Gasteiger partial charge in [0, 0.05) is 24.2 Å². The van der Waals surface area contributed by atoms with Gasteiger partial charge in [0.2, 0.25) is 0 Å². The lowest BCUT2D eigenvalue weighted by Crippen LogP contribution is -2.71. The van der Waals surface area contributed by atoms with Crippen molar-refractivity contribution in [2.24, 2.45) is 0 Å². The number of likely N-dealkylation sites (N-methyl/N-ethyl adjacent to an activating group) is 1. The van der Waals surface area contributed by atoms with Crippen LogP contribution in [0.25, 0.3) is 0 Å². The molecule has 0 saturated carbocycles. The minimum Gasteiger partial charge on any atom is -0.448 e. The molecule has 8 nitrogen and oxygen atoms in total. The van der Waals surface area contributed by atoms with Crippen LogP contribution < -0.4 is 5.32 Å². The fraction of sp³-hybridized carbons (Fsp3) is 0.452. The topological polar surface area (TPSA) is 84.9 Å². The maximum absolute atomic E-state index is 14.1. The highest BCUT2D eigenvalue weighted by molar-refractivity contribution is 8.00. The van der Waals surface area contributed by atoms with Gasteiger partial charge < -0.3 is 19.3 Å². The number of nitrogens with zero attached hydrogens (tertiary/aromatic N) is 2. The van der Waals surface area contributed by atoms with E-state index in [-0.39, 0.29) is 5.91 Å². The molecule has 5 rings (SSSR count). The molecule has 3 aliphatic heterocycles. The van der Waals surface area contributed by atoms with Gasteiger partial charge in [-0.15, -0.1) is 11.8 Å². The van der Waals surface area contributed by atoms with E-state index in [0.29, 0.717) is 18.0 Å². The molecule has 2 atom stereocenters. The number of alkyl carbamates (subject to hydrolysis) is 1. The molecule has 0 radical (unpaired) electrons. The van der Waals surface area contributed by atoms with Gasteiger partial charge in [0.1, 0.15) is 29.3 Å². The molecule has 2 aromatic carbocycles. The van der Waals surface area contributed by atoms with Crippen molar-refractivity contribution < 1.29 is 28.3 Å². The third-order valence-electron chi connectivity index (χ3n) is 7.56. The van der Waals surface area contributed by atoms with Crippen molar-refractivity contribution >= 4 is 29.7 Å². The molecule has 2 aromatic rings. The number of benzene rings is 2. The first-order valence-corrected chi connectivity index (χ1v) is 14.9. The molecule has 0 aromatic heterocycles. The molecular weight excluding hydrogens is 526 g/mol. The highest BCUT2D eigenvalue weighted by Crippen LogP contribution is 2.42. The summed E-state index contributed by atoms with van der Waals surface area (Å²) in [5.74, 6) is -0.263. The molecule has 9 heteroatoms. The van der Waals surface area contributed by atoms with Crippen LogP contribution in [-0.2, 0) is 19.1 Å². The minimum atomic E-state index is -0.764. The van der Waals surface area contributed by atoms with Crippen LogP contribution in [0.5, 0.6) is 0 Å². The third-order valence-corrected chi connectivity index (χ3v) is 8.90. The fourth-order valence-corrected chi connectivity index (χ4v) is 7.03. The lowest BCUT2D eigenvalue weighted by Gasteiger charge is -2.50. The number of nitrogens with one attached hydrogen (secondary N) is 1. The molecular formula is C31H38N3O5S+. The molecule has 3 heterocycles. The van der Waals surface area contributed by atoms with Crippen molar-refractivity contribution in [1.82, 2.24) is 10.2 Å². The smallest absolute Gasteiger partial charge is 0.408 e. The number of fused-ring (bicyclic) bond motifs is 1. The second-order valence-electron chi connectivity index (χ2n) is 12.0. The van der Waals surface area contributed by atoms with Gasteiger partial charge in [0.05, 0.1) is 20.1 Å². The van der Waals surface area contributed by atoms with E-state index in [0.717, 1.165) is 47.1 Å². The summed E-state index contributed by atoms with van der Waals surface area (Å²) in [4.78, 5) is 41.6. The molecule has 0 bridgehead atoms. The first-order chi connectivity index (χ1) is 19.0. The molecule has 2 fully saturated rings. The van der Waals surface area contributed by atoms with Crippen LogP contribution >= 0.6 is 11.8 Å². The number of quaternary nitrogens is 1. The molecule has 1 N–H and O–H groups in total. The predicted molar refractivity (Wildman–Crippen MR) is 154 cm³/mol. The van der Waals surface area contributed by atoms with Crippen molar-refractivity contribution in [3.8, 4) is 0 Å². The highest BCUT2D eigenvalue weighted by atomic mass is 32.2. The average molecular weight is 565 g/mol. The van der Waals surface area contributed by atoms with E-state index in [9.17, 15) is 14.4 Å². The lowest BCUT2D eigenvalue weighted by molar-refractivity contribution is -0.893. The standard InChI is InChI=1S/C31H37N3O5S/c1-31(2,3)39-30(37)32-24-27(35)33-25(23(20-40-28(24)33)19-34(4)17-11-12-18-34)29(36)38-26(21-13-7-5-8-14-21)22-15-9-6-10-16-22/h5-10,13-16,24,26,28H,11-12,17-20H2,1-4H3/p+1/t24?,28-/m1/s1. The second kappa shape index (κ2) is 11.3. The maximum atomic E-state index is 14.1. The Balaban J connectivity index is 1.45. The van der Waals surface area contributed by atoms with Crippen molar-refractivity contribution in [2.45, 2.75) is 56.7 Å². The van der Waals surface area contributed by atoms with Gasteiger partial charge in [-0.2, -0.15) is 0 Å². The van der Waals surface area contributed by atoms with E-state index < -0.39 is 35.2 Å². The van der Waals surface area contributed by atoms with Gasteiger partial charge in [-0.05, 0) is 31.9 Å². The largest absolute Gasteiger partial charge is 0.448 e. The van der Waals surface area contributed by atoms with Crippen LogP contribution in [0.4, 0.5) is 4.79 Å². The van der Waals surface area contributed by atoms with Crippen molar-refractivity contribution in [1.29, 1.82) is 0 Å². The van der Waals surface area contributed by atoms with Crippen LogP contribution in [0, 0.1) is 0 Å². The molecule has 3 aliphatic rings. The van der Waals surface area contributed by atoms with E-state index in [4.69, 9.17) is 9.47 Å². The summed E-state index contributed by atoms with van der Waals surface area (Å²) in [6, 6.07) is 18.5. The SMILES string of the molecule is CC(C)(C)OC(=O)NC1C(=O)N2C(C(=O)OC(c3ccccc3)c3ccccc3)=C(C[N+]3(C)CCCC3)CS[C@H]12. The van der Waals surface area contributed by atoms with E-state index in [1.54, 1.807) is 32.5 Å². The number of carbonyl (C=O) groups is 3. The summed E-state index contributed by atoms with van der Waals surface area (Å²) in [5.41, 5.74) is 2.25. The minimum absolute atomic E-state index is 0.319. The van der Waals surface area contributed by atoms with Crippen molar-refractivity contribution in [3.05, 3.63) is 83.1 Å². The monoisotopic (exact) mass is 564 g/mol. The Hall–Kier alpha value is -3.30. The Morgan fingerprint density at radius 3 is 2.15 bits per heavy atom. The Kier molecular flexibility index (Phi) is 7.97. The number of esters is 1. The zero-order valence-electron chi connectivity index (χ0n) is 23.6. The second-order valence-corrected chi connectivity index (χ2v) is 13.1. The van der Waals surface area contributed by atoms with E-state index >= 15 is 0 Å². The summed E-state index contributed by atoms with van der Waals surface area (Å²) < 4.78 is 12.5. The van der Waals surface area contributed by atoms with Crippen LogP contribution in [0.1, 0.15) is 50.8 Å². The Labute approximate surface area is 240 Å². The van der Waals surface area contributed by atoms with Gasteiger partial charge in [-0.1, -0.05) is 60.7 Å². The third kappa shape index (κ3) is 6.05. The van der Waals surface area contributed by atoms with Crippen molar-refractivity contribution in [2.75, 3.05) is 32.4 Å². The lowest BCUT2D eigenvalue weighted by atomic mass is 10.0. The molecule has 40 heavy (non-hydrogen) atoms. The van der Waals surface area contributed by atoms with Crippen molar-refractivity contribution in [3.63, 3.8) is 0 Å². The summed E-state index contributed by atoms with van der Waals surface area (Å²) in [6.07, 6.45) is 1.02. The normalized spacial score (nSPS) is 22.0. The zero-order chi connectivity index (χ0) is 28.5. The van der Waals surface area contributed by atoms with E-state index in [1.165, 1.54) is 4.90 Å². The van der Waals surface area contributed by atoms with Gasteiger partial charge in [0.15, 0.2) is 6.10 Å². The number of amides is 2. The number of hydrogen-bond donors (Lipinski definition) is 1. The van der Waals surface area contributed by atoms with E-state index in [1.807, 2.05) is 60.7 Å². The van der Waals surface area contributed by atoms with Crippen LogP contribution in [-0.4, -0.2) is 76.8 Å². The maximum Gasteiger partial charge on any atom is 0.408 e. The Morgan fingerprint density at radius 1 is 1.02 bits per heavy atom. The quantitative estimate of drug-likeness (QED) is 0.300. The first kappa shape index (κ1) is 28.2. The number of carbonyl (C=O) groups excluding carboxylic acids is 3. The summed E-state index contributed by atoms with van der Waals surface area (Å²) in [7, 11) is 2.21. The molecule has 0 spiro atoms. The fourth-order valence-electron chi connectivity index (χ4n) is 5.69. The van der Waals surface area contributed by atoms with Gasteiger partial charge in [-0.25, -0.2) is 9.59 Å². The molecule has 2 amide bonds. The van der Waals surface area contributed by atoms with Gasteiger partial charge >= 0.3 is 12.1 Å². The predicted octanol–water partition coefficient (Wildman–Crippen LogP) is 4.62. The summed E-state index contributed by atoms with van der Waals surface area (Å²) in [6.45, 7) is 8.08. The Bertz CT molecular complexity index is 1250.